The van der Waals surface area contributed by atoms with Crippen molar-refractivity contribution in [3.8, 4) is 0 Å². The van der Waals surface area contributed by atoms with E-state index in [1.165, 1.54) is 6.33 Å². The second kappa shape index (κ2) is 2.95. The highest BCUT2D eigenvalue weighted by Crippen LogP contribution is 2.25. The van der Waals surface area contributed by atoms with E-state index in [0.717, 1.165) is 0 Å². The molecule has 0 spiro atoms. The molecule has 2 rings (SSSR count). The van der Waals surface area contributed by atoms with Crippen LogP contribution in [0.3, 0.4) is 0 Å². The van der Waals surface area contributed by atoms with Crippen molar-refractivity contribution in [2.24, 2.45) is 7.05 Å². The van der Waals surface area contributed by atoms with Crippen LogP contribution in [0.1, 0.15) is 10.5 Å². The highest BCUT2D eigenvalue weighted by Gasteiger charge is 2.16. The standard InChI is InChI=1S/C8H6ClN3O2/c1-12-2-4(9)5-6(8(13)14)10-3-11-7(5)12/h2-3H,1H3,(H,13,14). The van der Waals surface area contributed by atoms with Gasteiger partial charge < -0.3 is 9.67 Å². The van der Waals surface area contributed by atoms with Crippen molar-refractivity contribution in [1.29, 1.82) is 0 Å². The molecule has 14 heavy (non-hydrogen) atoms. The summed E-state index contributed by atoms with van der Waals surface area (Å²) in [6.07, 6.45) is 2.81. The Morgan fingerprint density at radius 1 is 1.57 bits per heavy atom. The van der Waals surface area contributed by atoms with Crippen LogP contribution in [0.2, 0.25) is 5.02 Å². The third-order valence-electron chi connectivity index (χ3n) is 1.91. The second-order valence-electron chi connectivity index (χ2n) is 2.81. The SMILES string of the molecule is Cn1cc(Cl)c2c(C(=O)O)ncnc21. The quantitative estimate of drug-likeness (QED) is 0.773. The summed E-state index contributed by atoms with van der Waals surface area (Å²) in [6, 6.07) is 0. The Labute approximate surface area is 84.0 Å². The molecule has 5 nitrogen and oxygen atoms in total. The summed E-state index contributed by atoms with van der Waals surface area (Å²) in [7, 11) is 1.74. The summed E-state index contributed by atoms with van der Waals surface area (Å²) >= 11 is 5.86. The Morgan fingerprint density at radius 2 is 2.29 bits per heavy atom. The van der Waals surface area contributed by atoms with Gasteiger partial charge in [0.15, 0.2) is 5.69 Å². The number of fused-ring (bicyclic) bond motifs is 1. The largest absolute Gasteiger partial charge is 0.476 e. The minimum Gasteiger partial charge on any atom is -0.476 e. The van der Waals surface area contributed by atoms with Crippen molar-refractivity contribution in [3.05, 3.63) is 23.2 Å². The van der Waals surface area contributed by atoms with Crippen LogP contribution in [-0.4, -0.2) is 25.6 Å². The number of carbonyl (C=O) groups is 1. The molecule has 6 heteroatoms. The number of carboxylic acids is 1. The molecule has 72 valence electrons. The minimum absolute atomic E-state index is 0.0689. The molecule has 0 aliphatic carbocycles. The maximum Gasteiger partial charge on any atom is 0.355 e. The van der Waals surface area contributed by atoms with E-state index in [1.807, 2.05) is 0 Å². The van der Waals surface area contributed by atoms with Crippen molar-refractivity contribution in [2.45, 2.75) is 0 Å². The van der Waals surface area contributed by atoms with Gasteiger partial charge in [-0.15, -0.1) is 0 Å². The molecule has 0 fully saturated rings. The van der Waals surface area contributed by atoms with Crippen LogP contribution in [-0.2, 0) is 7.05 Å². The van der Waals surface area contributed by atoms with E-state index < -0.39 is 5.97 Å². The second-order valence-corrected chi connectivity index (χ2v) is 3.22. The fraction of sp³-hybridized carbons (Fsp3) is 0.125. The molecular weight excluding hydrogens is 206 g/mol. The normalized spacial score (nSPS) is 10.7. The lowest BCUT2D eigenvalue weighted by molar-refractivity contribution is 0.0692. The average Bonchev–Trinajstić information content (AvgIpc) is 2.43. The van der Waals surface area contributed by atoms with Gasteiger partial charge in [-0.3, -0.25) is 0 Å². The Kier molecular flexibility index (Phi) is 1.89. The van der Waals surface area contributed by atoms with Crippen LogP contribution in [0.15, 0.2) is 12.5 Å². The summed E-state index contributed by atoms with van der Waals surface area (Å²) < 4.78 is 1.66. The first-order valence-electron chi connectivity index (χ1n) is 3.80. The number of halogens is 1. The lowest BCUT2D eigenvalue weighted by atomic mass is 10.3. The molecule has 0 radical (unpaired) electrons. The first kappa shape index (κ1) is 8.96. The zero-order valence-electron chi connectivity index (χ0n) is 7.23. The summed E-state index contributed by atoms with van der Waals surface area (Å²) in [5.41, 5.74) is 0.447. The van der Waals surface area contributed by atoms with E-state index in [9.17, 15) is 4.79 Å². The lowest BCUT2D eigenvalue weighted by Gasteiger charge is -1.96. The third kappa shape index (κ3) is 1.13. The number of carboxylic acid groups (broad SMARTS) is 1. The molecule has 0 saturated carbocycles. The van der Waals surface area contributed by atoms with Gasteiger partial charge >= 0.3 is 5.97 Å². The molecule has 0 aliphatic heterocycles. The van der Waals surface area contributed by atoms with E-state index in [4.69, 9.17) is 16.7 Å². The predicted molar refractivity (Wildman–Crippen MR) is 50.5 cm³/mol. The number of hydrogen-bond donors (Lipinski definition) is 1. The Hall–Kier alpha value is -1.62. The Balaban J connectivity index is 2.92. The Morgan fingerprint density at radius 3 is 2.93 bits per heavy atom. The monoisotopic (exact) mass is 211 g/mol. The molecule has 0 bridgehead atoms. The first-order valence-corrected chi connectivity index (χ1v) is 4.18. The van der Waals surface area contributed by atoms with E-state index in [2.05, 4.69) is 9.97 Å². The van der Waals surface area contributed by atoms with E-state index >= 15 is 0 Å². The molecule has 0 saturated heterocycles. The van der Waals surface area contributed by atoms with Gasteiger partial charge in [-0.05, 0) is 0 Å². The zero-order valence-corrected chi connectivity index (χ0v) is 7.99. The minimum atomic E-state index is -1.11. The van der Waals surface area contributed by atoms with Crippen LogP contribution in [0, 0.1) is 0 Å². The van der Waals surface area contributed by atoms with Crippen LogP contribution < -0.4 is 0 Å². The van der Waals surface area contributed by atoms with Crippen LogP contribution in [0.4, 0.5) is 0 Å². The van der Waals surface area contributed by atoms with Gasteiger partial charge in [-0.25, -0.2) is 14.8 Å². The number of aromatic carboxylic acids is 1. The molecule has 2 aromatic rings. The van der Waals surface area contributed by atoms with Crippen molar-refractivity contribution >= 4 is 28.6 Å². The molecular formula is C8H6ClN3O2. The van der Waals surface area contributed by atoms with Gasteiger partial charge in [0, 0.05) is 13.2 Å². The topological polar surface area (TPSA) is 68.0 Å². The van der Waals surface area contributed by atoms with Gasteiger partial charge in [0.2, 0.25) is 0 Å². The number of aryl methyl sites for hydroxylation is 1. The summed E-state index contributed by atoms with van der Waals surface area (Å²) in [5, 5.41) is 9.58. The molecule has 0 aliphatic rings. The van der Waals surface area contributed by atoms with Crippen molar-refractivity contribution in [1.82, 2.24) is 14.5 Å². The molecule has 0 atom stereocenters. The van der Waals surface area contributed by atoms with Crippen molar-refractivity contribution < 1.29 is 9.90 Å². The Bertz CT molecular complexity index is 521. The van der Waals surface area contributed by atoms with Crippen molar-refractivity contribution in [3.63, 3.8) is 0 Å². The fourth-order valence-corrected chi connectivity index (χ4v) is 1.64. The van der Waals surface area contributed by atoms with Gasteiger partial charge in [-0.1, -0.05) is 11.6 Å². The average molecular weight is 212 g/mol. The van der Waals surface area contributed by atoms with E-state index in [-0.39, 0.29) is 5.69 Å². The number of nitrogens with zero attached hydrogens (tertiary/aromatic N) is 3. The molecule has 2 heterocycles. The molecule has 0 unspecified atom stereocenters. The maximum absolute atomic E-state index is 10.8. The van der Waals surface area contributed by atoms with Gasteiger partial charge in [0.1, 0.15) is 12.0 Å². The fourth-order valence-electron chi connectivity index (χ4n) is 1.32. The smallest absolute Gasteiger partial charge is 0.355 e. The summed E-state index contributed by atoms with van der Waals surface area (Å²) in [5.74, 6) is -1.11. The van der Waals surface area contributed by atoms with Crippen LogP contribution in [0.5, 0.6) is 0 Å². The molecule has 0 amide bonds. The molecule has 0 aromatic carbocycles. The van der Waals surface area contributed by atoms with Crippen LogP contribution >= 0.6 is 11.6 Å². The van der Waals surface area contributed by atoms with E-state index in [0.29, 0.717) is 16.1 Å². The highest BCUT2D eigenvalue weighted by molar-refractivity contribution is 6.36. The number of rotatable bonds is 1. The van der Waals surface area contributed by atoms with Gasteiger partial charge in [0.05, 0.1) is 10.4 Å². The van der Waals surface area contributed by atoms with Crippen molar-refractivity contribution in [2.75, 3.05) is 0 Å². The number of hydrogen-bond acceptors (Lipinski definition) is 3. The highest BCUT2D eigenvalue weighted by atomic mass is 35.5. The van der Waals surface area contributed by atoms with E-state index in [1.54, 1.807) is 17.8 Å². The molecule has 2 aromatic heterocycles. The molecule has 1 N–H and O–H groups in total. The predicted octanol–water partition coefficient (Wildman–Crippen LogP) is 1.32. The van der Waals surface area contributed by atoms with Gasteiger partial charge in [-0.2, -0.15) is 0 Å². The lowest BCUT2D eigenvalue weighted by Crippen LogP contribution is -2.02. The van der Waals surface area contributed by atoms with Crippen LogP contribution in [0.25, 0.3) is 11.0 Å². The number of aromatic nitrogens is 3. The van der Waals surface area contributed by atoms with Gasteiger partial charge in [0.25, 0.3) is 0 Å². The summed E-state index contributed by atoms with van der Waals surface area (Å²) in [6.45, 7) is 0. The summed E-state index contributed by atoms with van der Waals surface area (Å²) in [4.78, 5) is 18.4. The maximum atomic E-state index is 10.8. The third-order valence-corrected chi connectivity index (χ3v) is 2.20. The first-order chi connectivity index (χ1) is 6.61. The zero-order chi connectivity index (χ0) is 10.3.